The van der Waals surface area contributed by atoms with Crippen LogP contribution in [0, 0.1) is 6.92 Å². The lowest BCUT2D eigenvalue weighted by Crippen LogP contribution is -2.37. The molecule has 0 aliphatic carbocycles. The van der Waals surface area contributed by atoms with Crippen LogP contribution in [0.4, 0.5) is 5.69 Å². The van der Waals surface area contributed by atoms with Crippen LogP contribution in [0.2, 0.25) is 0 Å². The number of aliphatic carboxylic acids is 1. The van der Waals surface area contributed by atoms with E-state index < -0.39 is 5.97 Å². The molecule has 0 aromatic heterocycles. The summed E-state index contributed by atoms with van der Waals surface area (Å²) >= 11 is 0. The number of carbonyl (C=O) groups is 1. The second kappa shape index (κ2) is 5.40. The Balaban J connectivity index is 1.95. The van der Waals surface area contributed by atoms with Gasteiger partial charge in [0, 0.05) is 24.8 Å². The molecule has 1 aliphatic rings. The second-order valence-corrected chi connectivity index (χ2v) is 5.03. The smallest absolute Gasteiger partial charge is 0.317 e. The highest BCUT2D eigenvalue weighted by Crippen LogP contribution is 2.22. The molecule has 0 amide bonds. The number of benzene rings is 1. The molecule has 1 aliphatic heterocycles. The van der Waals surface area contributed by atoms with Gasteiger partial charge in [0.25, 0.3) is 0 Å². The first-order valence-electron chi connectivity index (χ1n) is 6.30. The third-order valence-corrected chi connectivity index (χ3v) is 3.57. The van der Waals surface area contributed by atoms with Gasteiger partial charge in [-0.15, -0.1) is 0 Å². The Kier molecular flexibility index (Phi) is 3.87. The average molecular weight is 248 g/mol. The maximum Gasteiger partial charge on any atom is 0.317 e. The summed E-state index contributed by atoms with van der Waals surface area (Å²) in [5.41, 5.74) is 2.49. The molecule has 1 heterocycles. The lowest BCUT2D eigenvalue weighted by Gasteiger charge is -2.23. The van der Waals surface area contributed by atoms with Crippen LogP contribution in [-0.4, -0.2) is 48.7 Å². The molecule has 1 unspecified atom stereocenters. The molecule has 0 radical (unpaired) electrons. The van der Waals surface area contributed by atoms with Crippen LogP contribution in [0.15, 0.2) is 24.3 Å². The van der Waals surface area contributed by atoms with Crippen LogP contribution < -0.4 is 4.90 Å². The number of rotatable bonds is 4. The van der Waals surface area contributed by atoms with Gasteiger partial charge in [-0.1, -0.05) is 17.7 Å². The van der Waals surface area contributed by atoms with Crippen LogP contribution in [0.5, 0.6) is 0 Å². The summed E-state index contributed by atoms with van der Waals surface area (Å²) in [7, 11) is 1.89. The van der Waals surface area contributed by atoms with Crippen molar-refractivity contribution in [3.8, 4) is 0 Å². The van der Waals surface area contributed by atoms with E-state index in [1.165, 1.54) is 11.3 Å². The van der Waals surface area contributed by atoms with Gasteiger partial charge in [0.1, 0.15) is 0 Å². The standard InChI is InChI=1S/C14H20N2O2/c1-11-3-5-12(6-4-11)16-8-7-13(9-16)15(2)10-14(17)18/h3-6,13H,7-10H2,1-2H3,(H,17,18). The summed E-state index contributed by atoms with van der Waals surface area (Å²) in [6.45, 7) is 4.11. The SMILES string of the molecule is Cc1ccc(N2CCC(N(C)CC(=O)O)C2)cc1. The summed E-state index contributed by atoms with van der Waals surface area (Å²) in [4.78, 5) is 14.9. The normalized spacial score (nSPS) is 19.5. The minimum atomic E-state index is -0.758. The Morgan fingerprint density at radius 2 is 2.11 bits per heavy atom. The quantitative estimate of drug-likeness (QED) is 0.879. The highest BCUT2D eigenvalue weighted by Gasteiger charge is 2.26. The fraction of sp³-hybridized carbons (Fsp3) is 0.500. The van der Waals surface area contributed by atoms with E-state index >= 15 is 0 Å². The number of aryl methyl sites for hydroxylation is 1. The molecule has 1 fully saturated rings. The first-order chi connectivity index (χ1) is 8.56. The van der Waals surface area contributed by atoms with Crippen molar-refractivity contribution in [2.24, 2.45) is 0 Å². The van der Waals surface area contributed by atoms with Gasteiger partial charge in [-0.2, -0.15) is 0 Å². The van der Waals surface area contributed by atoms with E-state index in [2.05, 4.69) is 36.1 Å². The molecular weight excluding hydrogens is 228 g/mol. The summed E-state index contributed by atoms with van der Waals surface area (Å²) in [6, 6.07) is 8.83. The summed E-state index contributed by atoms with van der Waals surface area (Å²) in [6.07, 6.45) is 1.03. The zero-order valence-corrected chi connectivity index (χ0v) is 11.0. The van der Waals surface area contributed by atoms with E-state index in [1.54, 1.807) is 0 Å². The first-order valence-corrected chi connectivity index (χ1v) is 6.30. The van der Waals surface area contributed by atoms with Crippen LogP contribution in [0.1, 0.15) is 12.0 Å². The van der Waals surface area contributed by atoms with E-state index in [9.17, 15) is 4.79 Å². The molecule has 1 atom stereocenters. The Bertz CT molecular complexity index is 416. The minimum absolute atomic E-state index is 0.117. The van der Waals surface area contributed by atoms with Crippen molar-refractivity contribution in [3.63, 3.8) is 0 Å². The molecule has 1 aromatic rings. The molecule has 1 aromatic carbocycles. The summed E-state index contributed by atoms with van der Waals surface area (Å²) in [5.74, 6) is -0.758. The topological polar surface area (TPSA) is 43.8 Å². The Labute approximate surface area is 108 Å². The molecule has 4 heteroatoms. The molecular formula is C14H20N2O2. The Morgan fingerprint density at radius 1 is 1.44 bits per heavy atom. The molecule has 0 bridgehead atoms. The predicted octanol–water partition coefficient (Wildman–Crippen LogP) is 1.59. The lowest BCUT2D eigenvalue weighted by molar-refractivity contribution is -0.138. The zero-order valence-electron chi connectivity index (χ0n) is 11.0. The van der Waals surface area contributed by atoms with Crippen molar-refractivity contribution in [1.82, 2.24) is 4.90 Å². The van der Waals surface area contributed by atoms with Gasteiger partial charge in [-0.3, -0.25) is 9.69 Å². The van der Waals surface area contributed by atoms with Gasteiger partial charge in [0.15, 0.2) is 0 Å². The van der Waals surface area contributed by atoms with Crippen molar-refractivity contribution in [2.75, 3.05) is 31.6 Å². The third kappa shape index (κ3) is 3.01. The minimum Gasteiger partial charge on any atom is -0.480 e. The van der Waals surface area contributed by atoms with Crippen LogP contribution in [0.25, 0.3) is 0 Å². The maximum absolute atomic E-state index is 10.7. The van der Waals surface area contributed by atoms with Crippen LogP contribution in [0.3, 0.4) is 0 Å². The molecule has 98 valence electrons. The van der Waals surface area contributed by atoms with Gasteiger partial charge in [-0.25, -0.2) is 0 Å². The molecule has 0 spiro atoms. The fourth-order valence-corrected chi connectivity index (χ4v) is 2.43. The second-order valence-electron chi connectivity index (χ2n) is 5.03. The number of carboxylic acids is 1. The average Bonchev–Trinajstić information content (AvgIpc) is 2.78. The molecule has 4 nitrogen and oxygen atoms in total. The van der Waals surface area contributed by atoms with Crippen LogP contribution in [-0.2, 0) is 4.79 Å². The van der Waals surface area contributed by atoms with Gasteiger partial charge < -0.3 is 10.0 Å². The highest BCUT2D eigenvalue weighted by atomic mass is 16.4. The highest BCUT2D eigenvalue weighted by molar-refractivity contribution is 5.69. The fourth-order valence-electron chi connectivity index (χ4n) is 2.43. The van der Waals surface area contributed by atoms with E-state index in [4.69, 9.17) is 5.11 Å². The number of hydrogen-bond donors (Lipinski definition) is 1. The Morgan fingerprint density at radius 3 is 2.72 bits per heavy atom. The van der Waals surface area contributed by atoms with Gasteiger partial charge in [0.05, 0.1) is 6.54 Å². The van der Waals surface area contributed by atoms with E-state index in [-0.39, 0.29) is 6.54 Å². The van der Waals surface area contributed by atoms with E-state index in [0.29, 0.717) is 6.04 Å². The van der Waals surface area contributed by atoms with Gasteiger partial charge >= 0.3 is 5.97 Å². The number of anilines is 1. The maximum atomic E-state index is 10.7. The molecule has 2 rings (SSSR count). The van der Waals surface area contributed by atoms with Gasteiger partial charge in [0.2, 0.25) is 0 Å². The van der Waals surface area contributed by atoms with Crippen LogP contribution >= 0.6 is 0 Å². The number of likely N-dealkylation sites (N-methyl/N-ethyl adjacent to an activating group) is 1. The largest absolute Gasteiger partial charge is 0.480 e. The molecule has 0 saturated carbocycles. The van der Waals surface area contributed by atoms with Crippen molar-refractivity contribution >= 4 is 11.7 Å². The monoisotopic (exact) mass is 248 g/mol. The Hall–Kier alpha value is -1.55. The van der Waals surface area contributed by atoms with Crippen molar-refractivity contribution in [1.29, 1.82) is 0 Å². The van der Waals surface area contributed by atoms with Crippen molar-refractivity contribution in [3.05, 3.63) is 29.8 Å². The molecule has 1 saturated heterocycles. The number of carboxylic acid groups (broad SMARTS) is 1. The summed E-state index contributed by atoms with van der Waals surface area (Å²) in [5, 5.41) is 8.80. The molecule has 18 heavy (non-hydrogen) atoms. The van der Waals surface area contributed by atoms with Crippen molar-refractivity contribution < 1.29 is 9.90 Å². The van der Waals surface area contributed by atoms with Crippen molar-refractivity contribution in [2.45, 2.75) is 19.4 Å². The third-order valence-electron chi connectivity index (χ3n) is 3.57. The molecule has 1 N–H and O–H groups in total. The zero-order chi connectivity index (χ0) is 13.1. The van der Waals surface area contributed by atoms with Gasteiger partial charge in [-0.05, 0) is 32.5 Å². The number of hydrogen-bond acceptors (Lipinski definition) is 3. The van der Waals surface area contributed by atoms with E-state index in [0.717, 1.165) is 19.5 Å². The number of nitrogens with zero attached hydrogens (tertiary/aromatic N) is 2. The predicted molar refractivity (Wildman–Crippen MR) is 72.1 cm³/mol. The summed E-state index contributed by atoms with van der Waals surface area (Å²) < 4.78 is 0. The van der Waals surface area contributed by atoms with E-state index in [1.807, 2.05) is 11.9 Å². The first kappa shape index (κ1) is 12.9. The lowest BCUT2D eigenvalue weighted by atomic mass is 10.2.